The van der Waals surface area contributed by atoms with Crippen LogP contribution in [0.1, 0.15) is 38.4 Å². The topological polar surface area (TPSA) is 42.3 Å². The summed E-state index contributed by atoms with van der Waals surface area (Å²) in [6.07, 6.45) is -3.47. The number of hydrogen-bond acceptors (Lipinski definition) is 3. The van der Waals surface area contributed by atoms with Gasteiger partial charge >= 0.3 is 6.18 Å². The molecule has 1 aliphatic rings. The van der Waals surface area contributed by atoms with Gasteiger partial charge in [0.25, 0.3) is 0 Å². The first-order valence-electron chi connectivity index (χ1n) is 6.40. The fourth-order valence-electron chi connectivity index (χ4n) is 1.73. The fourth-order valence-corrected chi connectivity index (χ4v) is 3.44. The van der Waals surface area contributed by atoms with E-state index >= 15 is 0 Å². The van der Waals surface area contributed by atoms with E-state index in [-0.39, 0.29) is 10.5 Å². The molecule has 1 unspecified atom stereocenters. The lowest BCUT2D eigenvalue weighted by atomic mass is 10.1. The molecule has 1 atom stereocenters. The van der Waals surface area contributed by atoms with Crippen molar-refractivity contribution in [2.24, 2.45) is 4.40 Å². The van der Waals surface area contributed by atoms with Gasteiger partial charge in [-0.25, -0.2) is 13.6 Å². The highest BCUT2D eigenvalue weighted by atomic mass is 32.2. The van der Waals surface area contributed by atoms with Crippen molar-refractivity contribution in [1.82, 2.24) is 4.98 Å². The second kappa shape index (κ2) is 5.92. The lowest BCUT2D eigenvalue weighted by molar-refractivity contribution is -0.144. The second-order valence-corrected chi connectivity index (χ2v) is 8.67. The van der Waals surface area contributed by atoms with Crippen LogP contribution in [0.5, 0.6) is 0 Å². The van der Waals surface area contributed by atoms with Gasteiger partial charge in [-0.3, -0.25) is 0 Å². The Hall–Kier alpha value is -0.960. The van der Waals surface area contributed by atoms with Gasteiger partial charge in [0.05, 0.1) is 15.4 Å². The van der Waals surface area contributed by atoms with E-state index in [1.807, 2.05) is 0 Å². The molecule has 22 heavy (non-hydrogen) atoms. The van der Waals surface area contributed by atoms with Gasteiger partial charge in [0.15, 0.2) is 11.5 Å². The summed E-state index contributed by atoms with van der Waals surface area (Å²) in [5.74, 6) is -1.00. The van der Waals surface area contributed by atoms with Gasteiger partial charge < -0.3 is 0 Å². The van der Waals surface area contributed by atoms with E-state index in [4.69, 9.17) is 0 Å². The van der Waals surface area contributed by atoms with Crippen molar-refractivity contribution in [3.05, 3.63) is 23.3 Å². The Morgan fingerprint density at radius 3 is 2.50 bits per heavy atom. The Morgan fingerprint density at radius 1 is 1.32 bits per heavy atom. The van der Waals surface area contributed by atoms with E-state index in [9.17, 15) is 21.8 Å². The Labute approximate surface area is 132 Å². The van der Waals surface area contributed by atoms with Crippen LogP contribution in [0.4, 0.5) is 17.6 Å². The van der Waals surface area contributed by atoms with Crippen LogP contribution in [0.3, 0.4) is 0 Å². The predicted octanol–water partition coefficient (Wildman–Crippen LogP) is 3.99. The van der Waals surface area contributed by atoms with Gasteiger partial charge in [-0.15, -0.1) is 11.8 Å². The Balaban J connectivity index is 2.52. The zero-order valence-corrected chi connectivity index (χ0v) is 13.8. The van der Waals surface area contributed by atoms with Crippen molar-refractivity contribution >= 4 is 28.5 Å². The third-order valence-corrected chi connectivity index (χ3v) is 5.39. The van der Waals surface area contributed by atoms with Gasteiger partial charge in [-0.1, -0.05) is 0 Å². The number of aromatic nitrogens is 1. The van der Waals surface area contributed by atoms with E-state index < -0.39 is 33.4 Å². The molecule has 2 rings (SSSR count). The van der Waals surface area contributed by atoms with Crippen molar-refractivity contribution in [3.63, 3.8) is 0 Å². The molecule has 0 aromatic carbocycles. The first kappa shape index (κ1) is 17.4. The SMILES string of the molecule is CC(C)(C)S(=O)N=C1CCSc2c1cnc(C(F)(F)F)c2F. The number of fused-ring (bicyclic) bond motifs is 1. The first-order valence-corrected chi connectivity index (χ1v) is 8.49. The highest BCUT2D eigenvalue weighted by Crippen LogP contribution is 2.38. The molecule has 9 heteroatoms. The van der Waals surface area contributed by atoms with Crippen molar-refractivity contribution in [2.75, 3.05) is 5.75 Å². The summed E-state index contributed by atoms with van der Waals surface area (Å²) in [5, 5.41) is 0. The van der Waals surface area contributed by atoms with Gasteiger partial charge in [-0.2, -0.15) is 17.6 Å². The zero-order valence-electron chi connectivity index (χ0n) is 12.1. The number of hydrogen-bond donors (Lipinski definition) is 0. The van der Waals surface area contributed by atoms with Gasteiger partial charge in [0, 0.05) is 23.9 Å². The Kier molecular flexibility index (Phi) is 4.68. The minimum Gasteiger partial charge on any atom is -0.248 e. The molecule has 0 radical (unpaired) electrons. The highest BCUT2D eigenvalue weighted by Gasteiger charge is 2.39. The molecule has 1 aromatic rings. The van der Waals surface area contributed by atoms with Crippen LogP contribution in [0.25, 0.3) is 0 Å². The number of pyridine rings is 1. The molecule has 0 spiro atoms. The average Bonchev–Trinajstić information content (AvgIpc) is 2.37. The van der Waals surface area contributed by atoms with Crippen LogP contribution in [0.2, 0.25) is 0 Å². The molecule has 0 saturated heterocycles. The number of rotatable bonds is 1. The maximum Gasteiger partial charge on any atom is 0.436 e. The average molecular weight is 354 g/mol. The van der Waals surface area contributed by atoms with E-state index in [1.54, 1.807) is 20.8 Å². The zero-order chi connectivity index (χ0) is 16.7. The van der Waals surface area contributed by atoms with E-state index in [0.29, 0.717) is 17.9 Å². The van der Waals surface area contributed by atoms with Crippen molar-refractivity contribution in [3.8, 4) is 0 Å². The largest absolute Gasteiger partial charge is 0.436 e. The summed E-state index contributed by atoms with van der Waals surface area (Å²) >= 11 is 0.989. The minimum atomic E-state index is -4.84. The molecule has 1 aromatic heterocycles. The van der Waals surface area contributed by atoms with Crippen molar-refractivity contribution < 1.29 is 21.8 Å². The lowest BCUT2D eigenvalue weighted by Crippen LogP contribution is -2.23. The van der Waals surface area contributed by atoms with Gasteiger partial charge in [-0.05, 0) is 20.8 Å². The quantitative estimate of drug-likeness (QED) is 0.716. The van der Waals surface area contributed by atoms with Crippen LogP contribution in [-0.4, -0.2) is 25.4 Å². The van der Waals surface area contributed by atoms with Crippen LogP contribution >= 0.6 is 11.8 Å². The highest BCUT2D eigenvalue weighted by molar-refractivity contribution is 7.99. The fraction of sp³-hybridized carbons (Fsp3) is 0.538. The summed E-state index contributed by atoms with van der Waals surface area (Å²) in [7, 11) is -1.56. The van der Waals surface area contributed by atoms with Crippen molar-refractivity contribution in [2.45, 2.75) is 43.0 Å². The summed E-state index contributed by atoms with van der Waals surface area (Å²) in [5.41, 5.74) is -1.00. The second-order valence-electron chi connectivity index (χ2n) is 5.66. The molecule has 1 aliphatic heterocycles. The normalized spacial score (nSPS) is 19.1. The first-order chi connectivity index (χ1) is 10.0. The number of nitrogens with zero attached hydrogens (tertiary/aromatic N) is 2. The summed E-state index contributed by atoms with van der Waals surface area (Å²) < 4.78 is 67.7. The van der Waals surface area contributed by atoms with Crippen molar-refractivity contribution in [1.29, 1.82) is 0 Å². The standard InChI is InChI=1S/C13H14F4N2OS2/c1-12(2,3)22(20)19-8-4-5-21-10-7(8)6-18-11(9(10)14)13(15,16)17/h6H,4-5H2,1-3H3. The Bertz CT molecular complexity index is 651. The monoisotopic (exact) mass is 354 g/mol. The van der Waals surface area contributed by atoms with Crippen LogP contribution < -0.4 is 0 Å². The molecule has 0 bridgehead atoms. The number of thioether (sulfide) groups is 1. The smallest absolute Gasteiger partial charge is 0.248 e. The molecule has 0 amide bonds. The summed E-state index contributed by atoms with van der Waals surface area (Å²) in [6, 6.07) is 0. The van der Waals surface area contributed by atoms with E-state index in [0.717, 1.165) is 18.0 Å². The minimum absolute atomic E-state index is 0.127. The van der Waals surface area contributed by atoms with Crippen LogP contribution in [0.15, 0.2) is 15.5 Å². The number of alkyl halides is 3. The molecule has 3 nitrogen and oxygen atoms in total. The van der Waals surface area contributed by atoms with E-state index in [2.05, 4.69) is 9.38 Å². The maximum atomic E-state index is 14.1. The molecule has 0 saturated carbocycles. The van der Waals surface area contributed by atoms with E-state index in [1.165, 1.54) is 0 Å². The van der Waals surface area contributed by atoms with Gasteiger partial charge in [0.2, 0.25) is 0 Å². The van der Waals surface area contributed by atoms with Crippen LogP contribution in [0, 0.1) is 5.82 Å². The third kappa shape index (κ3) is 3.51. The molecule has 0 N–H and O–H groups in total. The molecule has 2 heterocycles. The molecular weight excluding hydrogens is 340 g/mol. The lowest BCUT2D eigenvalue weighted by Gasteiger charge is -2.21. The summed E-state index contributed by atoms with van der Waals surface area (Å²) in [6.45, 7) is 5.20. The molecular formula is C13H14F4N2OS2. The number of halogens is 4. The molecule has 122 valence electrons. The maximum absolute atomic E-state index is 14.1. The molecule has 0 aliphatic carbocycles. The third-order valence-electron chi connectivity index (χ3n) is 2.86. The predicted molar refractivity (Wildman–Crippen MR) is 79.0 cm³/mol. The van der Waals surface area contributed by atoms with Crippen LogP contribution in [-0.2, 0) is 17.2 Å². The molecule has 0 fully saturated rings. The Morgan fingerprint density at radius 2 is 1.95 bits per heavy atom. The van der Waals surface area contributed by atoms with Gasteiger partial charge in [0.1, 0.15) is 11.0 Å². The summed E-state index contributed by atoms with van der Waals surface area (Å²) in [4.78, 5) is 3.06.